The highest BCUT2D eigenvalue weighted by Crippen LogP contribution is 2.45. The first-order valence-electron chi connectivity index (χ1n) is 46.7. The number of carbonyl (C=O) groups is 3. The number of phosphoric ester groups is 2. The van der Waals surface area contributed by atoms with Gasteiger partial charge >= 0.3 is 33.6 Å². The lowest BCUT2D eigenvalue weighted by Gasteiger charge is -2.21. The molecule has 0 aliphatic rings. The Morgan fingerprint density at radius 1 is 0.244 bits per heavy atom. The van der Waals surface area contributed by atoms with Crippen LogP contribution in [0.1, 0.15) is 367 Å². The van der Waals surface area contributed by atoms with E-state index >= 15 is 0 Å². The van der Waals surface area contributed by atoms with Gasteiger partial charge < -0.3 is 34.2 Å². The molecule has 0 saturated carbocycles. The van der Waals surface area contributed by atoms with Gasteiger partial charge in [0, 0.05) is 19.3 Å². The molecule has 0 aromatic heterocycles. The van der Waals surface area contributed by atoms with Gasteiger partial charge in [-0.1, -0.05) is 376 Å². The summed E-state index contributed by atoms with van der Waals surface area (Å²) in [5.74, 6) is -1.63. The Morgan fingerprint density at radius 3 is 0.723 bits per heavy atom. The number of ether oxygens (including phenoxy) is 3. The van der Waals surface area contributed by atoms with Crippen molar-refractivity contribution in [3.8, 4) is 0 Å². The normalized spacial score (nSPS) is 14.6. The first-order valence-corrected chi connectivity index (χ1v) is 49.7. The summed E-state index contributed by atoms with van der Waals surface area (Å²) in [6, 6.07) is 0. The molecule has 0 fully saturated rings. The Balaban J connectivity index is 4.63. The van der Waals surface area contributed by atoms with Crippen LogP contribution in [0, 0.1) is 0 Å². The molecular formula is C101H168O16P2. The van der Waals surface area contributed by atoms with Crippen molar-refractivity contribution in [3.63, 3.8) is 0 Å². The van der Waals surface area contributed by atoms with Crippen LogP contribution in [0.4, 0.5) is 0 Å². The van der Waals surface area contributed by atoms with Crippen LogP contribution in [-0.2, 0) is 55.8 Å². The number of hydrogen-bond acceptors (Lipinski definition) is 14. The van der Waals surface area contributed by atoms with E-state index in [1.165, 1.54) is 148 Å². The van der Waals surface area contributed by atoms with E-state index in [-0.39, 0.29) is 19.3 Å². The summed E-state index contributed by atoms with van der Waals surface area (Å²) >= 11 is 0. The number of phosphoric acid groups is 2. The molecule has 0 heterocycles. The number of esters is 3. The van der Waals surface area contributed by atoms with Gasteiger partial charge in [0.15, 0.2) is 6.10 Å². The zero-order valence-electron chi connectivity index (χ0n) is 74.7. The van der Waals surface area contributed by atoms with Gasteiger partial charge in [0.1, 0.15) is 25.4 Å². The van der Waals surface area contributed by atoms with Crippen LogP contribution in [0.2, 0.25) is 0 Å². The van der Waals surface area contributed by atoms with E-state index in [2.05, 4.69) is 215 Å². The van der Waals surface area contributed by atoms with E-state index in [0.29, 0.717) is 25.7 Å². The highest BCUT2D eigenvalue weighted by Gasteiger charge is 2.29. The lowest BCUT2D eigenvalue weighted by atomic mass is 10.0. The fraction of sp³-hybridized carbons (Fsp3) is 0.653. The van der Waals surface area contributed by atoms with Crippen LogP contribution >= 0.6 is 15.6 Å². The largest absolute Gasteiger partial charge is 0.472 e. The summed E-state index contributed by atoms with van der Waals surface area (Å²) in [5, 5.41) is 20.7. The Labute approximate surface area is 725 Å². The predicted molar refractivity (Wildman–Crippen MR) is 500 cm³/mol. The molecule has 4 N–H and O–H groups in total. The second kappa shape index (κ2) is 91.6. The molecule has 0 bridgehead atoms. The van der Waals surface area contributed by atoms with E-state index in [1.54, 1.807) is 0 Å². The highest BCUT2D eigenvalue weighted by atomic mass is 31.2. The standard InChI is InChI=1S/C101H168O16P2/c1-4-7-10-13-16-19-22-25-28-31-34-37-39-41-43-45-47-49-51-53-55-58-60-63-66-69-72-75-78-81-84-87-99(104)111-90-96(102)91-113-118(107,108)114-92-97(103)93-115-119(109,110)116-95-98(117-101(106)89-86-83-80-77-74-71-68-65-62-57-36-33-30-27-24-21-18-15-12-9-6-3)94-112-100(105)88-85-82-79-76-73-70-67-64-61-59-56-54-52-50-48-46-44-42-40-38-35-32-29-26-23-20-17-14-11-8-5-2/h7,9-10,12,16-21,25-30,34-38,41-44,47,49,57,65,68,74,77,96-98,102-103H,4-6,8,11,13-15,22-24,31-33,39-40,45-46,48,50-56,58-64,66-67,69-73,75-76,78-95H2,1-3H3,(H,107,108)(H,109,110)/b10-7-,12-9-,19-16-,20-17-,21-18-,28-25-,29-26-,30-27-,37-34-,38-35-,43-41-,44-42-,49-47-,57-36-,68-65-,77-74-. The summed E-state index contributed by atoms with van der Waals surface area (Å²) in [4.78, 5) is 59.0. The minimum atomic E-state index is -4.96. The summed E-state index contributed by atoms with van der Waals surface area (Å²) in [5.41, 5.74) is 0. The third-order valence-corrected chi connectivity index (χ3v) is 21.2. The molecule has 5 atom stereocenters. The molecule has 18 heteroatoms. The van der Waals surface area contributed by atoms with Gasteiger partial charge in [0.05, 0.1) is 26.4 Å². The van der Waals surface area contributed by atoms with E-state index in [9.17, 15) is 43.5 Å². The molecule has 5 unspecified atom stereocenters. The quantitative estimate of drug-likeness (QED) is 0.0146. The lowest BCUT2D eigenvalue weighted by Crippen LogP contribution is -2.30. The Hall–Kier alpha value is -5.61. The van der Waals surface area contributed by atoms with Crippen molar-refractivity contribution in [2.45, 2.75) is 386 Å². The Kier molecular flexibility index (Phi) is 87.3. The van der Waals surface area contributed by atoms with Crippen molar-refractivity contribution >= 4 is 33.6 Å². The van der Waals surface area contributed by atoms with Gasteiger partial charge in [0.25, 0.3) is 0 Å². The first kappa shape index (κ1) is 113. The summed E-state index contributed by atoms with van der Waals surface area (Å²) < 4.78 is 61.4. The molecule has 16 nitrogen and oxygen atoms in total. The molecule has 0 spiro atoms. The van der Waals surface area contributed by atoms with Crippen LogP contribution in [0.3, 0.4) is 0 Å². The molecule has 0 radical (unpaired) electrons. The summed E-state index contributed by atoms with van der Waals surface area (Å²) in [6.45, 7) is 2.40. The smallest absolute Gasteiger partial charge is 0.463 e. The van der Waals surface area contributed by atoms with Crippen molar-refractivity contribution in [1.82, 2.24) is 0 Å². The minimum Gasteiger partial charge on any atom is -0.463 e. The molecule has 678 valence electrons. The maximum absolute atomic E-state index is 13.1. The first-order chi connectivity index (χ1) is 58.2. The van der Waals surface area contributed by atoms with E-state index in [0.717, 1.165) is 154 Å². The topological polar surface area (TPSA) is 231 Å². The lowest BCUT2D eigenvalue weighted by molar-refractivity contribution is -0.161. The molecule has 0 aromatic carbocycles. The minimum absolute atomic E-state index is 0.0443. The van der Waals surface area contributed by atoms with Crippen molar-refractivity contribution in [3.05, 3.63) is 194 Å². The number of rotatable bonds is 87. The van der Waals surface area contributed by atoms with Gasteiger partial charge in [-0.2, -0.15) is 0 Å². The van der Waals surface area contributed by atoms with Crippen LogP contribution in [0.5, 0.6) is 0 Å². The van der Waals surface area contributed by atoms with Crippen molar-refractivity contribution < 1.29 is 75.8 Å². The number of aliphatic hydroxyl groups excluding tert-OH is 2. The molecular weight excluding hydrogens is 1530 g/mol. The molecule has 0 rings (SSSR count). The molecule has 0 amide bonds. The van der Waals surface area contributed by atoms with Crippen molar-refractivity contribution in [1.29, 1.82) is 0 Å². The van der Waals surface area contributed by atoms with Gasteiger partial charge in [-0.15, -0.1) is 0 Å². The molecule has 0 saturated heterocycles. The van der Waals surface area contributed by atoms with Gasteiger partial charge in [-0.25, -0.2) is 9.13 Å². The van der Waals surface area contributed by atoms with Crippen molar-refractivity contribution in [2.75, 3.05) is 39.6 Å². The SMILES string of the molecule is CC/C=C\C/C=C\C/C=C\C/C=C\C/C=C\C/C=C\CCCCCCCCCCCCCCC(=O)OCC(O)COP(=O)(O)OCC(O)COP(=O)(O)OCC(COC(=O)CCCCCCCCCCCCCCCCC/C=C\C/C=C\C/C=C\C/C=C\CCCCC)OC(=O)CCCC/C=C\C/C=C\C/C=C\C/C=C\C/C=C\C/C=C\CC. The average molecular weight is 1700 g/mol. The monoisotopic (exact) mass is 1700 g/mol. The van der Waals surface area contributed by atoms with Crippen LogP contribution in [0.25, 0.3) is 0 Å². The maximum atomic E-state index is 13.1. The van der Waals surface area contributed by atoms with E-state index in [1.807, 2.05) is 0 Å². The third-order valence-electron chi connectivity index (χ3n) is 19.3. The van der Waals surface area contributed by atoms with Crippen molar-refractivity contribution in [2.24, 2.45) is 0 Å². The fourth-order valence-corrected chi connectivity index (χ4v) is 13.9. The zero-order chi connectivity index (χ0) is 86.5. The number of carbonyl (C=O) groups excluding carboxylic acids is 3. The number of aliphatic hydroxyl groups is 2. The molecule has 0 aromatic rings. The van der Waals surface area contributed by atoms with Gasteiger partial charge in [-0.3, -0.25) is 32.5 Å². The number of unbranched alkanes of at least 4 members (excludes halogenated alkanes) is 32. The van der Waals surface area contributed by atoms with Crippen LogP contribution in [0.15, 0.2) is 194 Å². The average Bonchev–Trinajstić information content (AvgIpc) is 0.905. The zero-order valence-corrected chi connectivity index (χ0v) is 76.5. The highest BCUT2D eigenvalue weighted by molar-refractivity contribution is 7.47. The number of hydrogen-bond donors (Lipinski definition) is 4. The van der Waals surface area contributed by atoms with Crippen LogP contribution < -0.4 is 0 Å². The van der Waals surface area contributed by atoms with E-state index < -0.39 is 91.5 Å². The Morgan fingerprint density at radius 2 is 0.445 bits per heavy atom. The molecule has 0 aliphatic heterocycles. The van der Waals surface area contributed by atoms with Crippen LogP contribution in [-0.4, -0.2) is 95.9 Å². The Bertz CT molecular complexity index is 2940. The second-order valence-corrected chi connectivity index (χ2v) is 33.6. The van der Waals surface area contributed by atoms with Gasteiger partial charge in [0.2, 0.25) is 0 Å². The molecule has 119 heavy (non-hydrogen) atoms. The second-order valence-electron chi connectivity index (χ2n) is 30.7. The fourth-order valence-electron chi connectivity index (χ4n) is 12.3. The number of allylic oxidation sites excluding steroid dienone is 32. The summed E-state index contributed by atoms with van der Waals surface area (Å²) in [6.07, 6.45) is 122. The third kappa shape index (κ3) is 92.9. The molecule has 0 aliphatic carbocycles. The van der Waals surface area contributed by atoms with E-state index in [4.69, 9.17) is 32.3 Å². The predicted octanol–water partition coefficient (Wildman–Crippen LogP) is 29.0. The maximum Gasteiger partial charge on any atom is 0.472 e. The summed E-state index contributed by atoms with van der Waals surface area (Å²) in [7, 11) is -9.83. The van der Waals surface area contributed by atoms with Gasteiger partial charge in [-0.05, 0) is 167 Å².